The number of hydrogen-bond donors (Lipinski definition) is 2. The zero-order chi connectivity index (χ0) is 13.5. The van der Waals surface area contributed by atoms with Crippen molar-refractivity contribution in [3.05, 3.63) is 11.9 Å². The maximum absolute atomic E-state index is 10.6. The van der Waals surface area contributed by atoms with E-state index < -0.39 is 5.97 Å². The van der Waals surface area contributed by atoms with Crippen molar-refractivity contribution in [2.45, 2.75) is 38.3 Å². The first-order valence-electron chi connectivity index (χ1n) is 6.71. The summed E-state index contributed by atoms with van der Waals surface area (Å²) < 4.78 is 7.24. The highest BCUT2D eigenvalue weighted by Crippen LogP contribution is 2.20. The van der Waals surface area contributed by atoms with Crippen molar-refractivity contribution in [2.24, 2.45) is 0 Å². The van der Waals surface area contributed by atoms with Gasteiger partial charge < -0.3 is 15.2 Å². The average Bonchev–Trinajstić information content (AvgIpc) is 3.04. The van der Waals surface area contributed by atoms with E-state index in [9.17, 15) is 4.79 Å². The number of rotatable bonds is 8. The number of hydrogen-bond acceptors (Lipinski definition) is 5. The SMILES string of the molecule is O=C(O)c1cn(CCNCCOC2CCCC2)nn1. The van der Waals surface area contributed by atoms with Crippen LogP contribution >= 0.6 is 0 Å². The number of carboxylic acids is 1. The molecule has 1 aromatic heterocycles. The third-order valence-corrected chi connectivity index (χ3v) is 3.21. The molecule has 0 atom stereocenters. The Bertz CT molecular complexity index is 401. The van der Waals surface area contributed by atoms with Crippen molar-refractivity contribution < 1.29 is 14.6 Å². The number of carbonyl (C=O) groups is 1. The number of nitrogens with one attached hydrogen (secondary N) is 1. The minimum absolute atomic E-state index is 0.0235. The van der Waals surface area contributed by atoms with Gasteiger partial charge in [0.25, 0.3) is 0 Å². The third kappa shape index (κ3) is 4.60. The van der Waals surface area contributed by atoms with Crippen molar-refractivity contribution in [1.29, 1.82) is 0 Å². The lowest BCUT2D eigenvalue weighted by Gasteiger charge is -2.11. The zero-order valence-electron chi connectivity index (χ0n) is 10.9. The topological polar surface area (TPSA) is 89.3 Å². The summed E-state index contributed by atoms with van der Waals surface area (Å²) in [5, 5.41) is 19.2. The van der Waals surface area contributed by atoms with Gasteiger partial charge in [-0.05, 0) is 12.8 Å². The largest absolute Gasteiger partial charge is 0.476 e. The van der Waals surface area contributed by atoms with Crippen LogP contribution in [-0.4, -0.2) is 51.9 Å². The van der Waals surface area contributed by atoms with Gasteiger partial charge in [-0.1, -0.05) is 18.1 Å². The average molecular weight is 268 g/mol. The lowest BCUT2D eigenvalue weighted by atomic mass is 10.3. The quantitative estimate of drug-likeness (QED) is 0.668. The Hall–Kier alpha value is -1.47. The molecule has 0 aromatic carbocycles. The van der Waals surface area contributed by atoms with Gasteiger partial charge in [-0.2, -0.15) is 0 Å². The number of aromatic carboxylic acids is 1. The Kier molecular flexibility index (Phi) is 5.29. The molecule has 0 spiro atoms. The van der Waals surface area contributed by atoms with Gasteiger partial charge in [-0.3, -0.25) is 4.68 Å². The minimum Gasteiger partial charge on any atom is -0.476 e. The van der Waals surface area contributed by atoms with Crippen LogP contribution in [0.4, 0.5) is 0 Å². The van der Waals surface area contributed by atoms with Crippen LogP contribution < -0.4 is 5.32 Å². The summed E-state index contributed by atoms with van der Waals surface area (Å²) in [6, 6.07) is 0. The van der Waals surface area contributed by atoms with Gasteiger partial charge in [0.05, 0.1) is 25.5 Å². The van der Waals surface area contributed by atoms with Crippen molar-refractivity contribution in [3.63, 3.8) is 0 Å². The molecule has 19 heavy (non-hydrogen) atoms. The number of aromatic nitrogens is 3. The number of carboxylic acid groups (broad SMARTS) is 1. The second kappa shape index (κ2) is 7.20. The molecule has 106 valence electrons. The highest BCUT2D eigenvalue weighted by Gasteiger charge is 2.14. The van der Waals surface area contributed by atoms with E-state index in [1.54, 1.807) is 0 Å². The highest BCUT2D eigenvalue weighted by atomic mass is 16.5. The predicted molar refractivity (Wildman–Crippen MR) is 68.1 cm³/mol. The van der Waals surface area contributed by atoms with Crippen molar-refractivity contribution in [1.82, 2.24) is 20.3 Å². The summed E-state index contributed by atoms with van der Waals surface area (Å²) >= 11 is 0. The van der Waals surface area contributed by atoms with Crippen LogP contribution in [0.15, 0.2) is 6.20 Å². The molecule has 0 amide bonds. The van der Waals surface area contributed by atoms with Gasteiger partial charge in [0, 0.05) is 13.1 Å². The number of ether oxygens (including phenoxy) is 1. The fourth-order valence-corrected chi connectivity index (χ4v) is 2.18. The molecule has 1 fully saturated rings. The first-order chi connectivity index (χ1) is 9.25. The molecule has 2 rings (SSSR count). The van der Waals surface area contributed by atoms with E-state index in [0.29, 0.717) is 12.6 Å². The molecule has 1 aliphatic rings. The van der Waals surface area contributed by atoms with Crippen molar-refractivity contribution >= 4 is 5.97 Å². The number of nitrogens with zero attached hydrogens (tertiary/aromatic N) is 3. The van der Waals surface area contributed by atoms with Crippen LogP contribution in [0.1, 0.15) is 36.2 Å². The molecule has 1 aromatic rings. The molecular weight excluding hydrogens is 248 g/mol. The molecule has 0 saturated heterocycles. The second-order valence-corrected chi connectivity index (χ2v) is 4.70. The molecule has 0 bridgehead atoms. The summed E-state index contributed by atoms with van der Waals surface area (Å²) in [6.45, 7) is 2.85. The van der Waals surface area contributed by atoms with Crippen LogP contribution in [0.5, 0.6) is 0 Å². The summed E-state index contributed by atoms with van der Waals surface area (Å²) in [7, 11) is 0. The van der Waals surface area contributed by atoms with Gasteiger partial charge in [0.2, 0.25) is 0 Å². The molecule has 0 radical (unpaired) electrons. The van der Waals surface area contributed by atoms with Gasteiger partial charge in [-0.15, -0.1) is 5.10 Å². The van der Waals surface area contributed by atoms with Gasteiger partial charge in [0.1, 0.15) is 0 Å². The van der Waals surface area contributed by atoms with E-state index in [-0.39, 0.29) is 5.69 Å². The maximum atomic E-state index is 10.6. The molecule has 1 aliphatic carbocycles. The van der Waals surface area contributed by atoms with E-state index in [1.807, 2.05) is 0 Å². The van der Waals surface area contributed by atoms with Crippen LogP contribution in [0.3, 0.4) is 0 Å². The Morgan fingerprint density at radius 1 is 1.47 bits per heavy atom. The van der Waals surface area contributed by atoms with Crippen LogP contribution in [0.2, 0.25) is 0 Å². The monoisotopic (exact) mass is 268 g/mol. The summed E-state index contributed by atoms with van der Waals surface area (Å²) in [4.78, 5) is 10.6. The molecule has 0 unspecified atom stereocenters. The van der Waals surface area contributed by atoms with E-state index in [0.717, 1.165) is 19.7 Å². The molecule has 2 N–H and O–H groups in total. The normalized spacial score (nSPS) is 16.0. The highest BCUT2D eigenvalue weighted by molar-refractivity contribution is 5.84. The smallest absolute Gasteiger partial charge is 0.358 e. The van der Waals surface area contributed by atoms with E-state index in [1.165, 1.54) is 36.6 Å². The maximum Gasteiger partial charge on any atom is 0.358 e. The molecule has 1 heterocycles. The fraction of sp³-hybridized carbons (Fsp3) is 0.750. The Balaban J connectivity index is 1.52. The van der Waals surface area contributed by atoms with Gasteiger partial charge in [0.15, 0.2) is 5.69 Å². The van der Waals surface area contributed by atoms with E-state index in [4.69, 9.17) is 9.84 Å². The van der Waals surface area contributed by atoms with E-state index >= 15 is 0 Å². The Morgan fingerprint density at radius 2 is 2.26 bits per heavy atom. The molecule has 7 nitrogen and oxygen atoms in total. The van der Waals surface area contributed by atoms with Crippen molar-refractivity contribution in [2.75, 3.05) is 19.7 Å². The molecular formula is C12H20N4O3. The first-order valence-corrected chi connectivity index (χ1v) is 6.71. The molecule has 0 aliphatic heterocycles. The third-order valence-electron chi connectivity index (χ3n) is 3.21. The predicted octanol–water partition coefficient (Wildman–Crippen LogP) is 0.525. The minimum atomic E-state index is -1.05. The van der Waals surface area contributed by atoms with E-state index in [2.05, 4.69) is 15.6 Å². The molecule has 1 saturated carbocycles. The van der Waals surface area contributed by atoms with Crippen LogP contribution in [0, 0.1) is 0 Å². The summed E-state index contributed by atoms with van der Waals surface area (Å²) in [5.41, 5.74) is -0.0235. The summed E-state index contributed by atoms with van der Waals surface area (Å²) in [6.07, 6.45) is 6.84. The lowest BCUT2D eigenvalue weighted by Crippen LogP contribution is -2.25. The first kappa shape index (κ1) is 14.0. The Labute approximate surface area is 111 Å². The van der Waals surface area contributed by atoms with Crippen LogP contribution in [0.25, 0.3) is 0 Å². The van der Waals surface area contributed by atoms with Crippen LogP contribution in [-0.2, 0) is 11.3 Å². The van der Waals surface area contributed by atoms with Crippen molar-refractivity contribution in [3.8, 4) is 0 Å². The molecule has 7 heteroatoms. The lowest BCUT2D eigenvalue weighted by molar-refractivity contribution is 0.0603. The standard InChI is InChI=1S/C12H20N4O3/c17-12(18)11-9-16(15-14-11)7-5-13-6-8-19-10-3-1-2-4-10/h9-10,13H,1-8H2,(H,17,18). The fourth-order valence-electron chi connectivity index (χ4n) is 2.18. The van der Waals surface area contributed by atoms with Gasteiger partial charge in [-0.25, -0.2) is 4.79 Å². The zero-order valence-corrected chi connectivity index (χ0v) is 10.9. The Morgan fingerprint density at radius 3 is 2.95 bits per heavy atom. The second-order valence-electron chi connectivity index (χ2n) is 4.70. The summed E-state index contributed by atoms with van der Waals surface area (Å²) in [5.74, 6) is -1.05. The van der Waals surface area contributed by atoms with Gasteiger partial charge >= 0.3 is 5.97 Å².